The first-order valence-electron chi connectivity index (χ1n) is 7.46. The normalized spacial score (nSPS) is 11.1. The van der Waals surface area contributed by atoms with E-state index in [1.54, 1.807) is 11.3 Å². The van der Waals surface area contributed by atoms with Gasteiger partial charge in [-0.05, 0) is 36.1 Å². The van der Waals surface area contributed by atoms with Gasteiger partial charge in [0, 0.05) is 21.6 Å². The monoisotopic (exact) mass is 449 g/mol. The number of hydrogen-bond acceptors (Lipinski definition) is 4. The molecule has 1 heterocycles. The average Bonchev–Trinajstić information content (AvgIpc) is 3.06. The van der Waals surface area contributed by atoms with E-state index in [0.717, 1.165) is 10.9 Å². The zero-order valence-corrected chi connectivity index (χ0v) is 15.7. The molecule has 3 N–H and O–H groups in total. The number of thiophene rings is 1. The quantitative estimate of drug-likeness (QED) is 0.623. The number of amides is 3. The Morgan fingerprint density at radius 3 is 2.62 bits per heavy atom. The minimum Gasteiger partial charge on any atom is -0.376 e. The van der Waals surface area contributed by atoms with Crippen LogP contribution in [-0.2, 0) is 17.4 Å². The Hall–Kier alpha value is -2.07. The van der Waals surface area contributed by atoms with E-state index in [-0.39, 0.29) is 16.7 Å². The molecule has 0 aliphatic heterocycles. The highest BCUT2D eigenvalue weighted by atomic mass is 79.9. The van der Waals surface area contributed by atoms with Crippen molar-refractivity contribution in [3.8, 4) is 0 Å². The fourth-order valence-electron chi connectivity index (χ4n) is 2.00. The van der Waals surface area contributed by atoms with Gasteiger partial charge in [-0.2, -0.15) is 13.2 Å². The smallest absolute Gasteiger partial charge is 0.376 e. The number of halogens is 4. The van der Waals surface area contributed by atoms with Gasteiger partial charge in [0.25, 0.3) is 0 Å². The molecule has 1 aromatic heterocycles. The van der Waals surface area contributed by atoms with Crippen molar-refractivity contribution in [2.24, 2.45) is 0 Å². The maximum Gasteiger partial charge on any atom is 0.417 e. The Balaban J connectivity index is 1.76. The Bertz CT molecular complexity index is 767. The van der Waals surface area contributed by atoms with Crippen molar-refractivity contribution in [1.82, 2.24) is 10.6 Å². The van der Waals surface area contributed by atoms with Crippen molar-refractivity contribution in [2.75, 3.05) is 18.4 Å². The molecule has 0 spiro atoms. The third kappa shape index (κ3) is 6.34. The predicted molar refractivity (Wildman–Crippen MR) is 97.2 cm³/mol. The molecule has 0 bridgehead atoms. The SMILES string of the molecule is O=C(CNc1ccc(Br)c(C(F)(F)F)c1)NC(=O)NCCc1cccs1. The molecule has 0 atom stereocenters. The van der Waals surface area contributed by atoms with E-state index in [2.05, 4.69) is 31.9 Å². The first-order chi connectivity index (χ1) is 12.3. The highest BCUT2D eigenvalue weighted by Crippen LogP contribution is 2.36. The van der Waals surface area contributed by atoms with E-state index in [4.69, 9.17) is 0 Å². The molecular formula is C16H15BrF3N3O2S. The first kappa shape index (κ1) is 20.2. The summed E-state index contributed by atoms with van der Waals surface area (Å²) in [5.74, 6) is -0.657. The average molecular weight is 450 g/mol. The number of alkyl halides is 3. The number of hydrogen-bond donors (Lipinski definition) is 3. The van der Waals surface area contributed by atoms with Crippen molar-refractivity contribution < 1.29 is 22.8 Å². The summed E-state index contributed by atoms with van der Waals surface area (Å²) in [5, 5.41) is 9.13. The van der Waals surface area contributed by atoms with Gasteiger partial charge < -0.3 is 10.6 Å². The van der Waals surface area contributed by atoms with Crippen LogP contribution in [0.5, 0.6) is 0 Å². The number of imide groups is 1. The molecule has 5 nitrogen and oxygen atoms in total. The number of rotatable bonds is 6. The molecule has 2 rings (SSSR count). The van der Waals surface area contributed by atoms with Crippen LogP contribution >= 0.6 is 27.3 Å². The molecule has 3 amide bonds. The zero-order chi connectivity index (χ0) is 19.2. The Morgan fingerprint density at radius 1 is 1.19 bits per heavy atom. The molecule has 0 aliphatic carbocycles. The van der Waals surface area contributed by atoms with E-state index in [1.165, 1.54) is 12.1 Å². The van der Waals surface area contributed by atoms with Crippen LogP contribution in [0.3, 0.4) is 0 Å². The number of nitrogens with one attached hydrogen (secondary N) is 3. The molecule has 1 aromatic carbocycles. The van der Waals surface area contributed by atoms with Crippen LogP contribution in [0.15, 0.2) is 40.2 Å². The van der Waals surface area contributed by atoms with Gasteiger partial charge in [-0.25, -0.2) is 4.79 Å². The molecule has 0 saturated heterocycles. The van der Waals surface area contributed by atoms with E-state index in [1.807, 2.05) is 17.5 Å². The van der Waals surface area contributed by atoms with Crippen LogP contribution in [0.4, 0.5) is 23.7 Å². The second-order valence-corrected chi connectivity index (χ2v) is 7.07. The minimum absolute atomic E-state index is 0.0925. The topological polar surface area (TPSA) is 70.2 Å². The molecule has 10 heteroatoms. The summed E-state index contributed by atoms with van der Waals surface area (Å²) in [6.07, 6.45) is -3.86. The Kier molecular flexibility index (Phi) is 7.04. The lowest BCUT2D eigenvalue weighted by Gasteiger charge is -2.12. The summed E-state index contributed by atoms with van der Waals surface area (Å²) in [6, 6.07) is 6.71. The molecule has 0 fully saturated rings. The lowest BCUT2D eigenvalue weighted by molar-refractivity contribution is -0.138. The van der Waals surface area contributed by atoms with E-state index in [9.17, 15) is 22.8 Å². The molecule has 0 unspecified atom stereocenters. The zero-order valence-electron chi connectivity index (χ0n) is 13.3. The summed E-state index contributed by atoms with van der Waals surface area (Å²) in [7, 11) is 0. The first-order valence-corrected chi connectivity index (χ1v) is 9.13. The molecule has 140 valence electrons. The molecule has 26 heavy (non-hydrogen) atoms. The highest BCUT2D eigenvalue weighted by Gasteiger charge is 2.33. The summed E-state index contributed by atoms with van der Waals surface area (Å²) in [4.78, 5) is 24.4. The predicted octanol–water partition coefficient (Wildman–Crippen LogP) is 4.01. The molecule has 0 aliphatic rings. The van der Waals surface area contributed by atoms with Gasteiger partial charge >= 0.3 is 12.2 Å². The number of carbonyl (C=O) groups excluding carboxylic acids is 2. The summed E-state index contributed by atoms with van der Waals surface area (Å²) in [6.45, 7) is 0.0337. The molecule has 2 aromatic rings. The van der Waals surface area contributed by atoms with Crippen LogP contribution in [0.1, 0.15) is 10.4 Å². The fraction of sp³-hybridized carbons (Fsp3) is 0.250. The minimum atomic E-state index is -4.51. The number of carbonyl (C=O) groups is 2. The van der Waals surface area contributed by atoms with Crippen LogP contribution < -0.4 is 16.0 Å². The van der Waals surface area contributed by atoms with Crippen molar-refractivity contribution in [3.63, 3.8) is 0 Å². The van der Waals surface area contributed by atoms with Crippen LogP contribution in [0.25, 0.3) is 0 Å². The number of benzene rings is 1. The molecule has 0 radical (unpaired) electrons. The maximum absolute atomic E-state index is 12.8. The van der Waals surface area contributed by atoms with Crippen LogP contribution in [0, 0.1) is 0 Å². The summed E-state index contributed by atoms with van der Waals surface area (Å²) >= 11 is 4.40. The van der Waals surface area contributed by atoms with Gasteiger partial charge in [0.05, 0.1) is 12.1 Å². The van der Waals surface area contributed by atoms with Crippen LogP contribution in [-0.4, -0.2) is 25.0 Å². The van der Waals surface area contributed by atoms with Crippen molar-refractivity contribution in [2.45, 2.75) is 12.6 Å². The van der Waals surface area contributed by atoms with Gasteiger partial charge in [-0.15, -0.1) is 11.3 Å². The van der Waals surface area contributed by atoms with E-state index in [0.29, 0.717) is 13.0 Å². The maximum atomic E-state index is 12.8. The van der Waals surface area contributed by atoms with E-state index < -0.39 is 23.7 Å². The van der Waals surface area contributed by atoms with Gasteiger partial charge in [0.15, 0.2) is 0 Å². The second-order valence-electron chi connectivity index (χ2n) is 5.18. The summed E-state index contributed by atoms with van der Waals surface area (Å²) < 4.78 is 38.4. The molecular weight excluding hydrogens is 435 g/mol. The summed E-state index contributed by atoms with van der Waals surface area (Å²) in [5.41, 5.74) is -0.733. The Labute approximate surface area is 160 Å². The van der Waals surface area contributed by atoms with Gasteiger partial charge in [0.2, 0.25) is 5.91 Å². The van der Waals surface area contributed by atoms with Crippen LogP contribution in [0.2, 0.25) is 0 Å². The largest absolute Gasteiger partial charge is 0.417 e. The lowest BCUT2D eigenvalue weighted by atomic mass is 10.2. The third-order valence-corrected chi connectivity index (χ3v) is 4.84. The fourth-order valence-corrected chi connectivity index (χ4v) is 3.18. The lowest BCUT2D eigenvalue weighted by Crippen LogP contribution is -2.42. The van der Waals surface area contributed by atoms with Crippen molar-refractivity contribution in [1.29, 1.82) is 0 Å². The van der Waals surface area contributed by atoms with Crippen molar-refractivity contribution in [3.05, 3.63) is 50.6 Å². The van der Waals surface area contributed by atoms with E-state index >= 15 is 0 Å². The second kappa shape index (κ2) is 9.04. The third-order valence-electron chi connectivity index (χ3n) is 3.21. The molecule has 0 saturated carbocycles. The number of anilines is 1. The van der Waals surface area contributed by atoms with Gasteiger partial charge in [-0.1, -0.05) is 22.0 Å². The van der Waals surface area contributed by atoms with Gasteiger partial charge in [-0.3, -0.25) is 10.1 Å². The highest BCUT2D eigenvalue weighted by molar-refractivity contribution is 9.10. The van der Waals surface area contributed by atoms with Crippen molar-refractivity contribution >= 4 is 44.9 Å². The van der Waals surface area contributed by atoms with Gasteiger partial charge in [0.1, 0.15) is 0 Å². The Morgan fingerprint density at radius 2 is 1.96 bits per heavy atom. The standard InChI is InChI=1S/C16H15BrF3N3O2S/c17-13-4-3-10(8-12(13)16(18,19)20)22-9-14(24)23-15(25)21-6-5-11-2-1-7-26-11/h1-4,7-8,22H,5-6,9H2,(H2,21,23,24,25). The number of urea groups is 1.